The number of anilines is 1. The molecule has 0 saturated carbocycles. The summed E-state index contributed by atoms with van der Waals surface area (Å²) in [5.41, 5.74) is 3.66. The minimum Gasteiger partial charge on any atom is -0.496 e. The Hall–Kier alpha value is -4.42. The van der Waals surface area contributed by atoms with Crippen LogP contribution in [0.25, 0.3) is 33.6 Å². The van der Waals surface area contributed by atoms with E-state index in [2.05, 4.69) is 16.4 Å². The van der Waals surface area contributed by atoms with Crippen LogP contribution in [0.15, 0.2) is 53.1 Å². The van der Waals surface area contributed by atoms with Crippen LogP contribution in [0.2, 0.25) is 0 Å². The Labute approximate surface area is 226 Å². The molecule has 2 atom stereocenters. The molecule has 5 rings (SSSR count). The van der Waals surface area contributed by atoms with Crippen molar-refractivity contribution in [2.45, 2.75) is 31.9 Å². The molecule has 0 bridgehead atoms. The van der Waals surface area contributed by atoms with Crippen LogP contribution >= 0.6 is 0 Å². The largest absolute Gasteiger partial charge is 0.496 e. The van der Waals surface area contributed by atoms with Gasteiger partial charge in [-0.2, -0.15) is 5.26 Å². The summed E-state index contributed by atoms with van der Waals surface area (Å²) < 4.78 is 32.8. The number of hydrogen-bond donors (Lipinski definition) is 1. The Morgan fingerprint density at radius 2 is 2.03 bits per heavy atom. The van der Waals surface area contributed by atoms with Gasteiger partial charge in [-0.05, 0) is 61.7 Å². The number of pyridine rings is 1. The van der Waals surface area contributed by atoms with Gasteiger partial charge in [0, 0.05) is 50.1 Å². The number of nitriles is 1. The first-order valence-corrected chi connectivity index (χ1v) is 12.7. The third kappa shape index (κ3) is 5.16. The second kappa shape index (κ2) is 10.8. The Balaban J connectivity index is 1.53. The zero-order chi connectivity index (χ0) is 27.7. The maximum absolute atomic E-state index is 15.4. The second-order valence-electron chi connectivity index (χ2n) is 9.84. The van der Waals surface area contributed by atoms with Crippen molar-refractivity contribution in [3.63, 3.8) is 0 Å². The predicted molar refractivity (Wildman–Crippen MR) is 146 cm³/mol. The molecule has 0 aliphatic carbocycles. The van der Waals surface area contributed by atoms with E-state index in [1.807, 2.05) is 6.92 Å². The second-order valence-corrected chi connectivity index (χ2v) is 9.84. The third-order valence-corrected chi connectivity index (χ3v) is 6.89. The number of aromatic nitrogens is 1. The number of rotatable bonds is 6. The standard InChI is InChI=1S/C30H29FN4O4/c1-17-11-21(8-10-38-17)34-28-20(16-32)12-19(13-24(28)31)22-7-9-33-25-15-27(39-29(22)25)23-6-5-18(14-26(23)37-4)30(36)35(2)3/h5-7,9,12-15,17,21,34H,8,10-11H2,1-4H3. The molecule has 200 valence electrons. The van der Waals surface area contributed by atoms with E-state index < -0.39 is 5.82 Å². The Morgan fingerprint density at radius 1 is 1.21 bits per heavy atom. The maximum atomic E-state index is 15.4. The summed E-state index contributed by atoms with van der Waals surface area (Å²) in [7, 11) is 4.89. The third-order valence-electron chi connectivity index (χ3n) is 6.89. The highest BCUT2D eigenvalue weighted by atomic mass is 19.1. The van der Waals surface area contributed by atoms with Gasteiger partial charge in [0.25, 0.3) is 5.91 Å². The van der Waals surface area contributed by atoms with Crippen LogP contribution in [0.3, 0.4) is 0 Å². The van der Waals surface area contributed by atoms with E-state index in [9.17, 15) is 10.1 Å². The SMILES string of the molecule is COc1cc(C(=O)N(C)C)ccc1-c1cc2nccc(-c3cc(F)c(NC4CCOC(C)C4)c(C#N)c3)c2o1. The Bertz CT molecular complexity index is 1590. The van der Waals surface area contributed by atoms with E-state index in [1.165, 1.54) is 18.1 Å². The molecule has 9 heteroatoms. The van der Waals surface area contributed by atoms with Crippen LogP contribution in [0.5, 0.6) is 5.75 Å². The summed E-state index contributed by atoms with van der Waals surface area (Å²) >= 11 is 0. The van der Waals surface area contributed by atoms with E-state index in [1.54, 1.807) is 56.7 Å². The van der Waals surface area contributed by atoms with Crippen molar-refractivity contribution in [1.82, 2.24) is 9.88 Å². The van der Waals surface area contributed by atoms with E-state index in [0.29, 0.717) is 51.5 Å². The van der Waals surface area contributed by atoms with Crippen molar-refractivity contribution in [1.29, 1.82) is 5.26 Å². The molecule has 2 aromatic heterocycles. The zero-order valence-electron chi connectivity index (χ0n) is 22.2. The molecule has 2 unspecified atom stereocenters. The average Bonchev–Trinajstić information content (AvgIpc) is 3.37. The molecule has 1 fully saturated rings. The predicted octanol–water partition coefficient (Wildman–Crippen LogP) is 5.86. The normalized spacial score (nSPS) is 17.0. The molecule has 0 spiro atoms. The van der Waals surface area contributed by atoms with Crippen LogP contribution < -0.4 is 10.1 Å². The number of halogens is 1. The van der Waals surface area contributed by atoms with Crippen molar-refractivity contribution < 1.29 is 23.1 Å². The summed E-state index contributed by atoms with van der Waals surface area (Å²) in [6.07, 6.45) is 3.17. The number of benzene rings is 2. The van der Waals surface area contributed by atoms with Crippen LogP contribution in [0.4, 0.5) is 10.1 Å². The molecule has 1 saturated heterocycles. The van der Waals surface area contributed by atoms with Gasteiger partial charge in [0.15, 0.2) is 5.58 Å². The summed E-state index contributed by atoms with van der Waals surface area (Å²) in [5.74, 6) is 0.299. The van der Waals surface area contributed by atoms with Crippen molar-refractivity contribution >= 4 is 22.7 Å². The Kier molecular flexibility index (Phi) is 7.22. The molecule has 0 radical (unpaired) electrons. The number of furan rings is 1. The summed E-state index contributed by atoms with van der Waals surface area (Å²) in [6, 6.07) is 13.9. The monoisotopic (exact) mass is 528 g/mol. The molecule has 1 N–H and O–H groups in total. The lowest BCUT2D eigenvalue weighted by atomic mass is 9.99. The molecule has 2 aromatic carbocycles. The zero-order valence-corrected chi connectivity index (χ0v) is 22.2. The van der Waals surface area contributed by atoms with Crippen LogP contribution in [-0.4, -0.2) is 55.7 Å². The molecular formula is C30H29FN4O4. The summed E-state index contributed by atoms with van der Waals surface area (Å²) in [4.78, 5) is 18.3. The number of ether oxygens (including phenoxy) is 2. The first kappa shape index (κ1) is 26.2. The first-order valence-electron chi connectivity index (χ1n) is 12.7. The van der Waals surface area contributed by atoms with E-state index >= 15 is 4.39 Å². The smallest absolute Gasteiger partial charge is 0.253 e. The lowest BCUT2D eigenvalue weighted by molar-refractivity contribution is 0.0232. The number of amides is 1. The first-order chi connectivity index (χ1) is 18.8. The van der Waals surface area contributed by atoms with Gasteiger partial charge in [0.05, 0.1) is 30.0 Å². The quantitative estimate of drug-likeness (QED) is 0.334. The molecule has 4 aromatic rings. The Morgan fingerprint density at radius 3 is 2.74 bits per heavy atom. The fraction of sp³-hybridized carbons (Fsp3) is 0.300. The van der Waals surface area contributed by atoms with E-state index in [0.717, 1.165) is 12.8 Å². The number of nitrogens with zero attached hydrogens (tertiary/aromatic N) is 3. The van der Waals surface area contributed by atoms with Gasteiger partial charge in [-0.1, -0.05) is 0 Å². The lowest BCUT2D eigenvalue weighted by Crippen LogP contribution is -2.33. The molecule has 1 aliphatic heterocycles. The van der Waals surface area contributed by atoms with Crippen molar-refractivity contribution in [2.75, 3.05) is 33.1 Å². The van der Waals surface area contributed by atoms with Crippen LogP contribution in [0.1, 0.15) is 35.7 Å². The number of methoxy groups -OCH3 is 1. The highest BCUT2D eigenvalue weighted by Crippen LogP contribution is 2.39. The number of carbonyl (C=O) groups is 1. The fourth-order valence-corrected chi connectivity index (χ4v) is 4.91. The van der Waals surface area contributed by atoms with Gasteiger partial charge in [-0.25, -0.2) is 4.39 Å². The molecule has 3 heterocycles. The van der Waals surface area contributed by atoms with E-state index in [4.69, 9.17) is 13.9 Å². The van der Waals surface area contributed by atoms with Gasteiger partial charge in [-0.3, -0.25) is 9.78 Å². The molecule has 1 amide bonds. The van der Waals surface area contributed by atoms with Gasteiger partial charge in [0.1, 0.15) is 28.9 Å². The minimum absolute atomic E-state index is 0.0239. The molecule has 39 heavy (non-hydrogen) atoms. The van der Waals surface area contributed by atoms with Crippen molar-refractivity contribution in [3.05, 3.63) is 65.6 Å². The average molecular weight is 529 g/mol. The number of hydrogen-bond acceptors (Lipinski definition) is 7. The minimum atomic E-state index is -0.511. The van der Waals surface area contributed by atoms with Gasteiger partial charge < -0.3 is 24.1 Å². The maximum Gasteiger partial charge on any atom is 0.253 e. The van der Waals surface area contributed by atoms with Gasteiger partial charge >= 0.3 is 0 Å². The molecule has 8 nitrogen and oxygen atoms in total. The highest BCUT2D eigenvalue weighted by molar-refractivity contribution is 5.96. The number of fused-ring (bicyclic) bond motifs is 1. The molecular weight excluding hydrogens is 499 g/mol. The summed E-state index contributed by atoms with van der Waals surface area (Å²) in [6.45, 7) is 2.58. The fourth-order valence-electron chi connectivity index (χ4n) is 4.91. The molecule has 1 aliphatic rings. The number of nitrogens with one attached hydrogen (secondary N) is 1. The van der Waals surface area contributed by atoms with Crippen LogP contribution in [-0.2, 0) is 4.74 Å². The van der Waals surface area contributed by atoms with Crippen molar-refractivity contribution in [2.24, 2.45) is 0 Å². The van der Waals surface area contributed by atoms with Gasteiger partial charge in [0.2, 0.25) is 0 Å². The van der Waals surface area contributed by atoms with Crippen LogP contribution in [0, 0.1) is 17.1 Å². The summed E-state index contributed by atoms with van der Waals surface area (Å²) in [5, 5.41) is 13.1. The lowest BCUT2D eigenvalue weighted by Gasteiger charge is -2.29. The van der Waals surface area contributed by atoms with E-state index in [-0.39, 0.29) is 29.3 Å². The topological polar surface area (TPSA) is 101 Å². The van der Waals surface area contributed by atoms with Crippen molar-refractivity contribution in [3.8, 4) is 34.3 Å². The number of carbonyl (C=O) groups excluding carboxylic acids is 1. The van der Waals surface area contributed by atoms with Gasteiger partial charge in [-0.15, -0.1) is 0 Å². The highest BCUT2D eigenvalue weighted by Gasteiger charge is 2.23.